The first-order chi connectivity index (χ1) is 9.86. The third-order valence-corrected chi connectivity index (χ3v) is 3.63. The molecule has 0 radical (unpaired) electrons. The van der Waals surface area contributed by atoms with Gasteiger partial charge in [0, 0.05) is 18.2 Å². The molecule has 0 aliphatic heterocycles. The lowest BCUT2D eigenvalue weighted by Gasteiger charge is -2.15. The predicted molar refractivity (Wildman–Crippen MR) is 78.2 cm³/mol. The zero-order valence-corrected chi connectivity index (χ0v) is 11.9. The molecule has 1 heterocycles. The lowest BCUT2D eigenvalue weighted by molar-refractivity contribution is 0.351. The average Bonchev–Trinajstić information content (AvgIpc) is 3.19. The van der Waals surface area contributed by atoms with Crippen molar-refractivity contribution in [1.82, 2.24) is 25.5 Å². The summed E-state index contributed by atoms with van der Waals surface area (Å²) in [7, 11) is 0. The molecule has 1 aliphatic rings. The van der Waals surface area contributed by atoms with E-state index in [-0.39, 0.29) is 0 Å². The van der Waals surface area contributed by atoms with Crippen LogP contribution in [0.1, 0.15) is 38.6 Å². The summed E-state index contributed by atoms with van der Waals surface area (Å²) in [5.41, 5.74) is 1.02. The summed E-state index contributed by atoms with van der Waals surface area (Å²) in [5.74, 6) is 0.707. The van der Waals surface area contributed by atoms with Crippen molar-refractivity contribution in [3.8, 4) is 11.4 Å². The van der Waals surface area contributed by atoms with Crippen molar-refractivity contribution in [2.45, 2.75) is 44.7 Å². The van der Waals surface area contributed by atoms with Gasteiger partial charge in [0.25, 0.3) is 0 Å². The molecule has 1 aliphatic carbocycles. The molecule has 3 rings (SSSR count). The maximum Gasteiger partial charge on any atom is 0.204 e. The predicted octanol–water partition coefficient (Wildman–Crippen LogP) is 2.43. The summed E-state index contributed by atoms with van der Waals surface area (Å²) in [6, 6.07) is 11.0. The minimum absolute atomic E-state index is 0.297. The lowest BCUT2D eigenvalue weighted by Crippen LogP contribution is -2.28. The van der Waals surface area contributed by atoms with Gasteiger partial charge in [0.15, 0.2) is 0 Å². The van der Waals surface area contributed by atoms with E-state index >= 15 is 0 Å². The van der Waals surface area contributed by atoms with Crippen LogP contribution in [0.15, 0.2) is 30.3 Å². The van der Waals surface area contributed by atoms with Gasteiger partial charge in [-0.05, 0) is 24.5 Å². The van der Waals surface area contributed by atoms with E-state index in [0.29, 0.717) is 17.9 Å². The Balaban J connectivity index is 1.72. The first-order valence-electron chi connectivity index (χ1n) is 7.45. The van der Waals surface area contributed by atoms with Crippen molar-refractivity contribution >= 4 is 0 Å². The number of aromatic nitrogens is 4. The first kappa shape index (κ1) is 13.2. The Labute approximate surface area is 119 Å². The van der Waals surface area contributed by atoms with Crippen LogP contribution in [-0.4, -0.2) is 32.8 Å². The van der Waals surface area contributed by atoms with Crippen LogP contribution >= 0.6 is 0 Å². The van der Waals surface area contributed by atoms with Crippen LogP contribution in [0.3, 0.4) is 0 Å². The molecule has 20 heavy (non-hydrogen) atoms. The standard InChI is InChI=1S/C15H21N5/c1-2-6-14(11-16-13-9-10-13)20-18-15(17-19-20)12-7-4-3-5-8-12/h3-5,7-8,13-14,16H,2,6,9-11H2,1H3. The van der Waals surface area contributed by atoms with Crippen molar-refractivity contribution in [2.24, 2.45) is 0 Å². The maximum absolute atomic E-state index is 4.55. The molecule has 0 bridgehead atoms. The fourth-order valence-electron chi connectivity index (χ4n) is 2.31. The molecule has 5 heteroatoms. The molecule has 1 unspecified atom stereocenters. The molecular formula is C15H21N5. The van der Waals surface area contributed by atoms with Crippen molar-refractivity contribution in [1.29, 1.82) is 0 Å². The summed E-state index contributed by atoms with van der Waals surface area (Å²) < 4.78 is 0. The SMILES string of the molecule is CCCC(CNC1CC1)n1nnc(-c2ccccc2)n1. The van der Waals surface area contributed by atoms with Crippen molar-refractivity contribution in [3.05, 3.63) is 30.3 Å². The minimum Gasteiger partial charge on any atom is -0.312 e. The Bertz CT molecular complexity index is 532. The van der Waals surface area contributed by atoms with Crippen LogP contribution < -0.4 is 5.32 Å². The van der Waals surface area contributed by atoms with Crippen molar-refractivity contribution in [3.63, 3.8) is 0 Å². The summed E-state index contributed by atoms with van der Waals surface area (Å²) in [5, 5.41) is 16.5. The van der Waals surface area contributed by atoms with Gasteiger partial charge < -0.3 is 5.32 Å². The number of hydrogen-bond acceptors (Lipinski definition) is 4. The molecule has 0 saturated heterocycles. The lowest BCUT2D eigenvalue weighted by atomic mass is 10.2. The zero-order chi connectivity index (χ0) is 13.8. The smallest absolute Gasteiger partial charge is 0.204 e. The Hall–Kier alpha value is -1.75. The quantitative estimate of drug-likeness (QED) is 0.840. The molecule has 1 aromatic carbocycles. The molecule has 106 valence electrons. The fourth-order valence-corrected chi connectivity index (χ4v) is 2.31. The second-order valence-electron chi connectivity index (χ2n) is 5.42. The van der Waals surface area contributed by atoms with Crippen LogP contribution in [0.25, 0.3) is 11.4 Å². The highest BCUT2D eigenvalue weighted by atomic mass is 15.6. The van der Waals surface area contributed by atoms with Crippen LogP contribution in [0.5, 0.6) is 0 Å². The summed E-state index contributed by atoms with van der Waals surface area (Å²) in [6.07, 6.45) is 4.81. The van der Waals surface area contributed by atoms with Gasteiger partial charge in [0.1, 0.15) is 0 Å². The number of nitrogens with zero attached hydrogens (tertiary/aromatic N) is 4. The minimum atomic E-state index is 0.297. The van der Waals surface area contributed by atoms with E-state index in [9.17, 15) is 0 Å². The number of benzene rings is 1. The molecule has 1 aromatic heterocycles. The number of rotatable bonds is 7. The average molecular weight is 271 g/mol. The van der Waals surface area contributed by atoms with Crippen molar-refractivity contribution < 1.29 is 0 Å². The van der Waals surface area contributed by atoms with E-state index < -0.39 is 0 Å². The second-order valence-corrected chi connectivity index (χ2v) is 5.42. The molecule has 0 amide bonds. The van der Waals surface area contributed by atoms with E-state index in [1.165, 1.54) is 12.8 Å². The number of tetrazole rings is 1. The van der Waals surface area contributed by atoms with E-state index in [0.717, 1.165) is 24.9 Å². The number of hydrogen-bond donors (Lipinski definition) is 1. The van der Waals surface area contributed by atoms with Gasteiger partial charge in [-0.2, -0.15) is 4.80 Å². The van der Waals surface area contributed by atoms with Gasteiger partial charge in [-0.1, -0.05) is 43.7 Å². The van der Waals surface area contributed by atoms with Crippen LogP contribution in [-0.2, 0) is 0 Å². The van der Waals surface area contributed by atoms with Crippen LogP contribution in [0, 0.1) is 0 Å². The Morgan fingerprint density at radius 1 is 1.30 bits per heavy atom. The van der Waals surface area contributed by atoms with Crippen LogP contribution in [0.2, 0.25) is 0 Å². The fraction of sp³-hybridized carbons (Fsp3) is 0.533. The molecule has 0 spiro atoms. The monoisotopic (exact) mass is 271 g/mol. The summed E-state index contributed by atoms with van der Waals surface area (Å²) >= 11 is 0. The zero-order valence-electron chi connectivity index (χ0n) is 11.9. The molecule has 1 saturated carbocycles. The van der Waals surface area contributed by atoms with Gasteiger partial charge in [-0.25, -0.2) is 0 Å². The highest BCUT2D eigenvalue weighted by molar-refractivity contribution is 5.52. The Morgan fingerprint density at radius 3 is 2.80 bits per heavy atom. The van der Waals surface area contributed by atoms with Gasteiger partial charge in [-0.3, -0.25) is 0 Å². The molecule has 1 atom stereocenters. The third kappa shape index (κ3) is 3.22. The molecular weight excluding hydrogens is 250 g/mol. The molecule has 2 aromatic rings. The highest BCUT2D eigenvalue weighted by Gasteiger charge is 2.23. The topological polar surface area (TPSA) is 55.6 Å². The normalized spacial score (nSPS) is 16.2. The van der Waals surface area contributed by atoms with Gasteiger partial charge in [0.2, 0.25) is 5.82 Å². The second kappa shape index (κ2) is 6.13. The summed E-state index contributed by atoms with van der Waals surface area (Å²) in [6.45, 7) is 3.13. The van der Waals surface area contributed by atoms with Gasteiger partial charge in [0.05, 0.1) is 6.04 Å². The molecule has 5 nitrogen and oxygen atoms in total. The molecule has 1 N–H and O–H groups in total. The number of nitrogens with one attached hydrogen (secondary N) is 1. The van der Waals surface area contributed by atoms with E-state index in [4.69, 9.17) is 0 Å². The van der Waals surface area contributed by atoms with E-state index in [1.807, 2.05) is 30.3 Å². The van der Waals surface area contributed by atoms with Gasteiger partial charge >= 0.3 is 0 Å². The highest BCUT2D eigenvalue weighted by Crippen LogP contribution is 2.21. The van der Waals surface area contributed by atoms with Gasteiger partial charge in [-0.15, -0.1) is 10.2 Å². The summed E-state index contributed by atoms with van der Waals surface area (Å²) in [4.78, 5) is 1.78. The first-order valence-corrected chi connectivity index (χ1v) is 7.45. The Kier molecular flexibility index (Phi) is 4.06. The molecule has 1 fully saturated rings. The largest absolute Gasteiger partial charge is 0.312 e. The Morgan fingerprint density at radius 2 is 2.10 bits per heavy atom. The maximum atomic E-state index is 4.55. The van der Waals surface area contributed by atoms with Crippen molar-refractivity contribution in [2.75, 3.05) is 6.54 Å². The van der Waals surface area contributed by atoms with E-state index in [2.05, 4.69) is 27.7 Å². The third-order valence-electron chi connectivity index (χ3n) is 3.63. The van der Waals surface area contributed by atoms with E-state index in [1.54, 1.807) is 4.80 Å². The van der Waals surface area contributed by atoms with Crippen LogP contribution in [0.4, 0.5) is 0 Å².